The van der Waals surface area contributed by atoms with Gasteiger partial charge in [0.2, 0.25) is 0 Å². The van der Waals surface area contributed by atoms with Crippen molar-refractivity contribution in [1.82, 2.24) is 5.43 Å². The first kappa shape index (κ1) is 19.8. The fourth-order valence-electron chi connectivity index (χ4n) is 2.58. The highest BCUT2D eigenvalue weighted by molar-refractivity contribution is 6.09. The molecule has 0 aromatic heterocycles. The van der Waals surface area contributed by atoms with E-state index in [1.807, 2.05) is 12.1 Å². The van der Waals surface area contributed by atoms with Crippen molar-refractivity contribution in [2.24, 2.45) is 5.10 Å². The Labute approximate surface area is 167 Å². The highest BCUT2D eigenvalue weighted by Gasteiger charge is 2.14. The van der Waals surface area contributed by atoms with Gasteiger partial charge in [0.15, 0.2) is 0 Å². The second-order valence-electron chi connectivity index (χ2n) is 5.95. The number of benzene rings is 3. The quantitative estimate of drug-likeness (QED) is 0.495. The van der Waals surface area contributed by atoms with E-state index in [0.29, 0.717) is 17.0 Å². The van der Waals surface area contributed by atoms with Crippen molar-refractivity contribution in [3.63, 3.8) is 0 Å². The van der Waals surface area contributed by atoms with Crippen LogP contribution < -0.4 is 15.5 Å². The average molecular weight is 391 g/mol. The lowest BCUT2D eigenvalue weighted by molar-refractivity contribution is 0.0956. The van der Waals surface area contributed by atoms with Crippen LogP contribution in [0.15, 0.2) is 77.9 Å². The molecule has 0 radical (unpaired) electrons. The summed E-state index contributed by atoms with van der Waals surface area (Å²) in [6.07, 6.45) is 1.47. The molecule has 2 amide bonds. The third-order valence-corrected chi connectivity index (χ3v) is 4.03. The summed E-state index contributed by atoms with van der Waals surface area (Å²) in [5, 5.41) is 6.62. The number of nitrogens with zero attached hydrogens (tertiary/aromatic N) is 1. The van der Waals surface area contributed by atoms with E-state index in [0.717, 1.165) is 0 Å². The minimum absolute atomic E-state index is 0.236. The predicted octanol–water partition coefficient (Wildman–Crippen LogP) is 3.85. The number of hydrazone groups is 1. The van der Waals surface area contributed by atoms with Gasteiger partial charge in [0.25, 0.3) is 11.8 Å². The van der Waals surface area contributed by atoms with Crippen LogP contribution in [-0.4, -0.2) is 25.1 Å². The van der Waals surface area contributed by atoms with Crippen LogP contribution in [0.2, 0.25) is 0 Å². The number of halogens is 1. The summed E-state index contributed by atoms with van der Waals surface area (Å²) in [7, 11) is 1.55. The molecule has 2 N–H and O–H groups in total. The second-order valence-corrected chi connectivity index (χ2v) is 5.95. The number of anilines is 1. The summed E-state index contributed by atoms with van der Waals surface area (Å²) in [5.74, 6) is -0.763. The summed E-state index contributed by atoms with van der Waals surface area (Å²) < 4.78 is 18.3. The molecule has 3 rings (SSSR count). The molecule has 6 nitrogen and oxygen atoms in total. The number of nitrogens with one attached hydrogen (secondary N) is 2. The first-order valence-corrected chi connectivity index (χ1v) is 8.71. The van der Waals surface area contributed by atoms with Crippen molar-refractivity contribution in [2.75, 3.05) is 12.4 Å². The van der Waals surface area contributed by atoms with Crippen molar-refractivity contribution in [3.8, 4) is 5.75 Å². The van der Waals surface area contributed by atoms with Gasteiger partial charge in [-0.15, -0.1) is 0 Å². The molecule has 3 aromatic carbocycles. The van der Waals surface area contributed by atoms with E-state index in [9.17, 15) is 14.0 Å². The van der Waals surface area contributed by atoms with Gasteiger partial charge < -0.3 is 10.1 Å². The molecule has 0 aliphatic carbocycles. The molecular weight excluding hydrogens is 373 g/mol. The highest BCUT2D eigenvalue weighted by atomic mass is 19.1. The Bertz CT molecular complexity index is 1050. The zero-order chi connectivity index (χ0) is 20.6. The van der Waals surface area contributed by atoms with Gasteiger partial charge in [-0.05, 0) is 48.5 Å². The number of carbonyl (C=O) groups excluding carboxylic acids is 2. The standard InChI is InChI=1S/C22H18FN3O3/c1-29-20-9-5-2-6-16(20)14-24-26-22(28)18-7-3-4-8-19(18)25-21(27)15-10-12-17(23)13-11-15/h2-14H,1H3,(H,25,27)(H,26,28)/b24-14+. The summed E-state index contributed by atoms with van der Waals surface area (Å²) in [5.41, 5.74) is 3.96. The normalized spacial score (nSPS) is 10.6. The Balaban J connectivity index is 1.72. The number of rotatable bonds is 6. The van der Waals surface area contributed by atoms with E-state index in [4.69, 9.17) is 4.74 Å². The molecule has 7 heteroatoms. The molecule has 0 saturated carbocycles. The molecule has 0 spiro atoms. The fraction of sp³-hybridized carbons (Fsp3) is 0.0455. The maximum atomic E-state index is 13.0. The van der Waals surface area contributed by atoms with Crippen molar-refractivity contribution in [2.45, 2.75) is 0 Å². The molecule has 0 aliphatic rings. The van der Waals surface area contributed by atoms with E-state index in [2.05, 4.69) is 15.8 Å². The van der Waals surface area contributed by atoms with Crippen LogP contribution in [0.25, 0.3) is 0 Å². The zero-order valence-electron chi connectivity index (χ0n) is 15.6. The largest absolute Gasteiger partial charge is 0.496 e. The fourth-order valence-corrected chi connectivity index (χ4v) is 2.58. The van der Waals surface area contributed by atoms with Gasteiger partial charge in [-0.1, -0.05) is 24.3 Å². The molecule has 0 fully saturated rings. The van der Waals surface area contributed by atoms with Crippen molar-refractivity contribution in [1.29, 1.82) is 0 Å². The van der Waals surface area contributed by atoms with Gasteiger partial charge in [-0.25, -0.2) is 9.82 Å². The minimum Gasteiger partial charge on any atom is -0.496 e. The molecule has 3 aromatic rings. The van der Waals surface area contributed by atoms with Crippen molar-refractivity contribution < 1.29 is 18.7 Å². The predicted molar refractivity (Wildman–Crippen MR) is 109 cm³/mol. The Morgan fingerprint density at radius 1 is 0.931 bits per heavy atom. The van der Waals surface area contributed by atoms with Gasteiger partial charge in [-0.2, -0.15) is 5.10 Å². The number of hydrogen-bond acceptors (Lipinski definition) is 4. The van der Waals surface area contributed by atoms with Gasteiger partial charge in [0.05, 0.1) is 24.6 Å². The topological polar surface area (TPSA) is 79.8 Å². The van der Waals surface area contributed by atoms with Crippen LogP contribution >= 0.6 is 0 Å². The molecule has 29 heavy (non-hydrogen) atoms. The summed E-state index contributed by atoms with van der Waals surface area (Å²) >= 11 is 0. The molecule has 0 bridgehead atoms. The van der Waals surface area contributed by atoms with Gasteiger partial charge in [0, 0.05) is 11.1 Å². The molecule has 0 unspecified atom stereocenters. The SMILES string of the molecule is COc1ccccc1/C=N/NC(=O)c1ccccc1NC(=O)c1ccc(F)cc1. The van der Waals surface area contributed by atoms with Crippen LogP contribution in [0.3, 0.4) is 0 Å². The number of para-hydroxylation sites is 2. The summed E-state index contributed by atoms with van der Waals surface area (Å²) in [6, 6.07) is 18.9. The third kappa shape index (κ3) is 5.04. The van der Waals surface area contributed by atoms with Crippen molar-refractivity contribution >= 4 is 23.7 Å². The van der Waals surface area contributed by atoms with E-state index >= 15 is 0 Å². The highest BCUT2D eigenvalue weighted by Crippen LogP contribution is 2.17. The second kappa shape index (κ2) is 9.27. The van der Waals surface area contributed by atoms with E-state index in [1.165, 1.54) is 30.5 Å². The van der Waals surface area contributed by atoms with Gasteiger partial charge >= 0.3 is 0 Å². The van der Waals surface area contributed by atoms with E-state index < -0.39 is 17.6 Å². The molecule has 146 valence electrons. The smallest absolute Gasteiger partial charge is 0.273 e. The first-order chi connectivity index (χ1) is 14.1. The number of methoxy groups -OCH3 is 1. The lowest BCUT2D eigenvalue weighted by Crippen LogP contribution is -2.21. The minimum atomic E-state index is -0.494. The number of carbonyl (C=O) groups is 2. The first-order valence-electron chi connectivity index (χ1n) is 8.71. The number of amides is 2. The van der Waals surface area contributed by atoms with E-state index in [-0.39, 0.29) is 11.1 Å². The van der Waals surface area contributed by atoms with Crippen LogP contribution in [0.5, 0.6) is 5.75 Å². The Morgan fingerprint density at radius 3 is 2.38 bits per heavy atom. The van der Waals surface area contributed by atoms with Crippen LogP contribution in [0, 0.1) is 5.82 Å². The van der Waals surface area contributed by atoms with Crippen molar-refractivity contribution in [3.05, 3.63) is 95.3 Å². The Kier molecular flexibility index (Phi) is 6.32. The lowest BCUT2D eigenvalue weighted by Gasteiger charge is -2.10. The molecular formula is C22H18FN3O3. The van der Waals surface area contributed by atoms with Crippen LogP contribution in [-0.2, 0) is 0 Å². The third-order valence-electron chi connectivity index (χ3n) is 4.03. The lowest BCUT2D eigenvalue weighted by atomic mass is 10.1. The Hall–Kier alpha value is -4.00. The molecule has 0 saturated heterocycles. The maximum absolute atomic E-state index is 13.0. The number of hydrogen-bond donors (Lipinski definition) is 2. The monoisotopic (exact) mass is 391 g/mol. The Morgan fingerprint density at radius 2 is 1.62 bits per heavy atom. The molecule has 0 heterocycles. The average Bonchev–Trinajstić information content (AvgIpc) is 2.74. The zero-order valence-corrected chi connectivity index (χ0v) is 15.6. The molecule has 0 aliphatic heterocycles. The van der Waals surface area contributed by atoms with E-state index in [1.54, 1.807) is 43.5 Å². The van der Waals surface area contributed by atoms with Crippen LogP contribution in [0.4, 0.5) is 10.1 Å². The van der Waals surface area contributed by atoms with Gasteiger partial charge in [-0.3, -0.25) is 9.59 Å². The van der Waals surface area contributed by atoms with Crippen LogP contribution in [0.1, 0.15) is 26.3 Å². The summed E-state index contributed by atoms with van der Waals surface area (Å²) in [6.45, 7) is 0. The van der Waals surface area contributed by atoms with Gasteiger partial charge in [0.1, 0.15) is 11.6 Å². The number of ether oxygens (including phenoxy) is 1. The maximum Gasteiger partial charge on any atom is 0.273 e. The summed E-state index contributed by atoms with van der Waals surface area (Å²) in [4.78, 5) is 24.9. The molecule has 0 atom stereocenters.